The number of aliphatic hydroxyl groups excluding tert-OH is 1. The smallest absolute Gasteiger partial charge is 0.244 e. The monoisotopic (exact) mass is 289 g/mol. The van der Waals surface area contributed by atoms with Gasteiger partial charge in [-0.25, -0.2) is 8.42 Å². The minimum Gasteiger partial charge on any atom is -0.391 e. The van der Waals surface area contributed by atoms with Crippen LogP contribution in [0.25, 0.3) is 0 Å². The van der Waals surface area contributed by atoms with Crippen LogP contribution >= 0.6 is 11.3 Å². The lowest BCUT2D eigenvalue weighted by Gasteiger charge is -2.25. The number of thiophene rings is 1. The first-order chi connectivity index (χ1) is 8.45. The van der Waals surface area contributed by atoms with Crippen molar-refractivity contribution in [2.45, 2.75) is 44.2 Å². The average Bonchev–Trinajstić information content (AvgIpc) is 2.99. The van der Waals surface area contributed by atoms with Crippen LogP contribution in [0.4, 0.5) is 0 Å². The van der Waals surface area contributed by atoms with E-state index >= 15 is 0 Å². The van der Waals surface area contributed by atoms with Gasteiger partial charge in [-0.3, -0.25) is 0 Å². The van der Waals surface area contributed by atoms with Gasteiger partial charge < -0.3 is 5.11 Å². The van der Waals surface area contributed by atoms with E-state index in [4.69, 9.17) is 5.11 Å². The largest absolute Gasteiger partial charge is 0.391 e. The third-order valence-corrected chi connectivity index (χ3v) is 6.19. The molecular formula is C12H19NO3S2. The molecule has 1 aliphatic carbocycles. The molecule has 1 N–H and O–H groups in total. The van der Waals surface area contributed by atoms with Crippen molar-refractivity contribution in [1.29, 1.82) is 0 Å². The highest BCUT2D eigenvalue weighted by Crippen LogP contribution is 2.33. The predicted molar refractivity (Wildman–Crippen MR) is 72.0 cm³/mol. The second kappa shape index (κ2) is 5.28. The molecule has 1 aliphatic rings. The zero-order valence-corrected chi connectivity index (χ0v) is 12.3. The first-order valence-electron chi connectivity index (χ1n) is 6.15. The highest BCUT2D eigenvalue weighted by Gasteiger charge is 2.33. The maximum Gasteiger partial charge on any atom is 0.244 e. The summed E-state index contributed by atoms with van der Waals surface area (Å²) in [7, 11) is -3.41. The van der Waals surface area contributed by atoms with Crippen LogP contribution in [0.5, 0.6) is 0 Å². The summed E-state index contributed by atoms with van der Waals surface area (Å²) in [5.41, 5.74) is 0. The van der Waals surface area contributed by atoms with Crippen LogP contribution in [0.1, 0.15) is 31.6 Å². The van der Waals surface area contributed by atoms with E-state index in [0.29, 0.717) is 22.2 Å². The number of sulfonamides is 1. The first kappa shape index (κ1) is 14.0. The topological polar surface area (TPSA) is 57.6 Å². The van der Waals surface area contributed by atoms with Crippen molar-refractivity contribution in [2.24, 2.45) is 5.92 Å². The van der Waals surface area contributed by atoms with E-state index in [-0.39, 0.29) is 12.6 Å². The fourth-order valence-corrected chi connectivity index (χ4v) is 4.69. The second-order valence-corrected chi connectivity index (χ2v) is 7.91. The summed E-state index contributed by atoms with van der Waals surface area (Å²) in [4.78, 5) is 0.995. The van der Waals surface area contributed by atoms with Gasteiger partial charge in [-0.15, -0.1) is 11.3 Å². The Morgan fingerprint density at radius 1 is 1.50 bits per heavy atom. The summed E-state index contributed by atoms with van der Waals surface area (Å²) < 4.78 is 26.6. The van der Waals surface area contributed by atoms with Gasteiger partial charge >= 0.3 is 0 Å². The summed E-state index contributed by atoms with van der Waals surface area (Å²) in [5.74, 6) is 0.526. The molecular weight excluding hydrogens is 270 g/mol. The molecule has 1 fully saturated rings. The molecule has 0 radical (unpaired) electrons. The molecule has 1 aromatic rings. The van der Waals surface area contributed by atoms with Gasteiger partial charge in [-0.05, 0) is 38.7 Å². The Morgan fingerprint density at radius 2 is 2.17 bits per heavy atom. The first-order valence-corrected chi connectivity index (χ1v) is 8.47. The highest BCUT2D eigenvalue weighted by molar-refractivity contribution is 7.89. The number of aliphatic hydroxyl groups is 1. The minimum absolute atomic E-state index is 0.0342. The molecule has 0 spiro atoms. The summed E-state index contributed by atoms with van der Waals surface area (Å²) in [5, 5.41) is 10.6. The molecule has 6 heteroatoms. The van der Waals surface area contributed by atoms with Crippen LogP contribution in [0.15, 0.2) is 16.3 Å². The number of nitrogens with zero attached hydrogens (tertiary/aromatic N) is 1. The fraction of sp³-hybridized carbons (Fsp3) is 0.667. The zero-order valence-electron chi connectivity index (χ0n) is 10.7. The van der Waals surface area contributed by atoms with E-state index in [1.54, 1.807) is 15.8 Å². The van der Waals surface area contributed by atoms with Crippen LogP contribution in [-0.4, -0.2) is 30.4 Å². The number of hydrogen-bond acceptors (Lipinski definition) is 4. The quantitative estimate of drug-likeness (QED) is 0.872. The van der Waals surface area contributed by atoms with E-state index in [2.05, 4.69) is 0 Å². The molecule has 1 heterocycles. The molecule has 1 aromatic heterocycles. The Hall–Kier alpha value is -0.430. The van der Waals surface area contributed by atoms with E-state index in [9.17, 15) is 8.42 Å². The number of rotatable bonds is 6. The van der Waals surface area contributed by atoms with Crippen molar-refractivity contribution in [2.75, 3.05) is 6.54 Å². The maximum atomic E-state index is 12.5. The Bertz CT molecular complexity index is 503. The molecule has 0 saturated heterocycles. The van der Waals surface area contributed by atoms with Crippen LogP contribution in [0, 0.1) is 5.92 Å². The van der Waals surface area contributed by atoms with Gasteiger partial charge in [0.2, 0.25) is 10.0 Å². The predicted octanol–water partition coefficient (Wildman–Crippen LogP) is 2.05. The van der Waals surface area contributed by atoms with Gasteiger partial charge in [0.05, 0.1) is 11.5 Å². The molecule has 2 rings (SSSR count). The second-order valence-electron chi connectivity index (χ2n) is 5.02. The van der Waals surface area contributed by atoms with E-state index < -0.39 is 10.0 Å². The van der Waals surface area contributed by atoms with Gasteiger partial charge in [-0.1, -0.05) is 0 Å². The van der Waals surface area contributed by atoms with Crippen molar-refractivity contribution >= 4 is 21.4 Å². The van der Waals surface area contributed by atoms with Crippen molar-refractivity contribution < 1.29 is 13.5 Å². The fourth-order valence-electron chi connectivity index (χ4n) is 1.86. The normalized spacial score (nSPS) is 16.7. The lowest BCUT2D eigenvalue weighted by molar-refractivity contribution is 0.285. The summed E-state index contributed by atoms with van der Waals surface area (Å²) in [6.45, 7) is 4.31. The van der Waals surface area contributed by atoms with E-state index in [1.165, 1.54) is 11.3 Å². The maximum absolute atomic E-state index is 12.5. The van der Waals surface area contributed by atoms with Gasteiger partial charge in [0.25, 0.3) is 0 Å². The summed E-state index contributed by atoms with van der Waals surface area (Å²) in [6.07, 6.45) is 2.26. The van der Waals surface area contributed by atoms with Crippen molar-refractivity contribution in [1.82, 2.24) is 4.31 Å². The van der Waals surface area contributed by atoms with Crippen molar-refractivity contribution in [3.63, 3.8) is 0 Å². The van der Waals surface area contributed by atoms with Gasteiger partial charge in [0.15, 0.2) is 0 Å². The molecule has 18 heavy (non-hydrogen) atoms. The molecule has 0 bridgehead atoms. The van der Waals surface area contributed by atoms with Crippen LogP contribution in [0.3, 0.4) is 0 Å². The Morgan fingerprint density at radius 3 is 2.61 bits per heavy atom. The molecule has 0 amide bonds. The van der Waals surface area contributed by atoms with Crippen LogP contribution in [-0.2, 0) is 16.6 Å². The zero-order chi connectivity index (χ0) is 13.3. The molecule has 0 aromatic carbocycles. The third-order valence-electron chi connectivity index (χ3n) is 3.10. The molecule has 0 aliphatic heterocycles. The number of hydrogen-bond donors (Lipinski definition) is 1. The SMILES string of the molecule is CC(C)N(CC1CC1)S(=O)(=O)c1csc(CO)c1. The van der Waals surface area contributed by atoms with Crippen LogP contribution < -0.4 is 0 Å². The Kier molecular flexibility index (Phi) is 4.11. The van der Waals surface area contributed by atoms with Crippen molar-refractivity contribution in [3.05, 3.63) is 16.3 Å². The Balaban J connectivity index is 2.25. The Labute approximate surface area is 112 Å². The molecule has 102 valence electrons. The standard InChI is InChI=1S/C12H19NO3S2/c1-9(2)13(6-10-3-4-10)18(15,16)12-5-11(7-14)17-8-12/h5,8-10,14H,3-4,6-7H2,1-2H3. The lowest BCUT2D eigenvalue weighted by atomic mass is 10.3. The molecule has 4 nitrogen and oxygen atoms in total. The summed E-state index contributed by atoms with van der Waals surface area (Å²) in [6, 6.07) is 1.54. The molecule has 0 atom stereocenters. The van der Waals surface area contributed by atoms with Gasteiger partial charge in [0.1, 0.15) is 0 Å². The molecule has 0 unspecified atom stereocenters. The average molecular weight is 289 g/mol. The van der Waals surface area contributed by atoms with Crippen molar-refractivity contribution in [3.8, 4) is 0 Å². The molecule has 1 saturated carbocycles. The van der Waals surface area contributed by atoms with E-state index in [1.807, 2.05) is 13.8 Å². The van der Waals surface area contributed by atoms with Crippen LogP contribution in [0.2, 0.25) is 0 Å². The van der Waals surface area contributed by atoms with Gasteiger partial charge in [0, 0.05) is 22.8 Å². The third kappa shape index (κ3) is 2.93. The highest BCUT2D eigenvalue weighted by atomic mass is 32.2. The van der Waals surface area contributed by atoms with E-state index in [0.717, 1.165) is 12.8 Å². The minimum atomic E-state index is -3.41. The lowest BCUT2D eigenvalue weighted by Crippen LogP contribution is -2.38. The summed E-state index contributed by atoms with van der Waals surface area (Å²) >= 11 is 1.28. The van der Waals surface area contributed by atoms with Gasteiger partial charge in [-0.2, -0.15) is 4.31 Å².